The predicted octanol–water partition coefficient (Wildman–Crippen LogP) is 4.79. The van der Waals surface area contributed by atoms with E-state index in [4.69, 9.17) is 4.74 Å². The SMILES string of the molecule is CCCCN1C(=O)[C@H](CC(C)C)NC(=O)C12CCN(Cc1ccc3c(ccn3C(=O)OCC(C)C)c1)CC2. The second-order valence-corrected chi connectivity index (χ2v) is 11.9. The molecule has 208 valence electrons. The average molecular weight is 525 g/mol. The maximum Gasteiger partial charge on any atom is 0.418 e. The summed E-state index contributed by atoms with van der Waals surface area (Å²) in [5.74, 6) is 0.731. The second kappa shape index (κ2) is 11.9. The van der Waals surface area contributed by atoms with Crippen molar-refractivity contribution in [3.8, 4) is 0 Å². The van der Waals surface area contributed by atoms with Crippen LogP contribution < -0.4 is 5.32 Å². The van der Waals surface area contributed by atoms with Crippen molar-refractivity contribution >= 4 is 28.8 Å². The number of ether oxygens (including phenoxy) is 1. The average Bonchev–Trinajstić information content (AvgIpc) is 3.30. The number of benzene rings is 1. The molecule has 1 aromatic carbocycles. The van der Waals surface area contributed by atoms with Crippen LogP contribution in [0, 0.1) is 11.8 Å². The van der Waals surface area contributed by atoms with Crippen LogP contribution in [0.3, 0.4) is 0 Å². The smallest absolute Gasteiger partial charge is 0.418 e. The lowest BCUT2D eigenvalue weighted by Crippen LogP contribution is -2.73. The number of nitrogens with one attached hydrogen (secondary N) is 1. The first-order chi connectivity index (χ1) is 18.1. The van der Waals surface area contributed by atoms with E-state index >= 15 is 0 Å². The van der Waals surface area contributed by atoms with Crippen molar-refractivity contribution in [2.45, 2.75) is 84.8 Å². The van der Waals surface area contributed by atoms with Gasteiger partial charge in [-0.1, -0.05) is 47.1 Å². The van der Waals surface area contributed by atoms with Gasteiger partial charge in [0.2, 0.25) is 11.8 Å². The van der Waals surface area contributed by atoms with E-state index in [1.807, 2.05) is 30.9 Å². The summed E-state index contributed by atoms with van der Waals surface area (Å²) in [5.41, 5.74) is 1.25. The molecule has 1 N–H and O–H groups in total. The Morgan fingerprint density at radius 1 is 1.11 bits per heavy atom. The normalized spacial score (nSPS) is 20.1. The first-order valence-corrected chi connectivity index (χ1v) is 14.3. The van der Waals surface area contributed by atoms with Gasteiger partial charge in [-0.3, -0.25) is 19.1 Å². The molecule has 1 aromatic heterocycles. The van der Waals surface area contributed by atoms with E-state index in [0.29, 0.717) is 38.3 Å². The molecule has 3 heterocycles. The number of rotatable bonds is 9. The standard InChI is InChI=1S/C30H44N4O4/c1-6-7-13-34-27(35)25(17-21(2)3)31-28(36)30(34)11-15-32(16-12-30)19-23-8-9-26-24(18-23)10-14-33(26)29(37)38-20-22(4)5/h8-10,14,18,21-22,25H,6-7,11-13,15-17,19-20H2,1-5H3,(H,31,36)/t25-/m0/s1. The molecule has 0 bridgehead atoms. The Balaban J connectivity index is 1.43. The van der Waals surface area contributed by atoms with Crippen LogP contribution in [0.4, 0.5) is 4.79 Å². The summed E-state index contributed by atoms with van der Waals surface area (Å²) >= 11 is 0. The zero-order valence-electron chi connectivity index (χ0n) is 23.7. The number of likely N-dealkylation sites (tertiary alicyclic amines) is 1. The molecule has 2 amide bonds. The van der Waals surface area contributed by atoms with Gasteiger partial charge in [0, 0.05) is 37.8 Å². The zero-order valence-corrected chi connectivity index (χ0v) is 23.7. The summed E-state index contributed by atoms with van der Waals surface area (Å²) < 4.78 is 6.95. The Morgan fingerprint density at radius 2 is 1.84 bits per heavy atom. The fourth-order valence-electron chi connectivity index (χ4n) is 5.74. The molecule has 0 aliphatic carbocycles. The van der Waals surface area contributed by atoms with E-state index in [-0.39, 0.29) is 23.8 Å². The van der Waals surface area contributed by atoms with Gasteiger partial charge >= 0.3 is 6.09 Å². The molecule has 2 saturated heterocycles. The monoisotopic (exact) mass is 524 g/mol. The Kier molecular flexibility index (Phi) is 8.81. The first kappa shape index (κ1) is 28.1. The van der Waals surface area contributed by atoms with Crippen LogP contribution in [0.15, 0.2) is 30.5 Å². The predicted molar refractivity (Wildman–Crippen MR) is 149 cm³/mol. The number of hydrogen-bond donors (Lipinski definition) is 1. The third kappa shape index (κ3) is 5.90. The molecule has 2 aliphatic rings. The van der Waals surface area contributed by atoms with E-state index < -0.39 is 11.6 Å². The fourth-order valence-corrected chi connectivity index (χ4v) is 5.74. The minimum absolute atomic E-state index is 0.0191. The lowest BCUT2D eigenvalue weighted by molar-refractivity contribution is -0.161. The van der Waals surface area contributed by atoms with Gasteiger partial charge in [-0.2, -0.15) is 0 Å². The number of hydrogen-bond acceptors (Lipinski definition) is 5. The molecule has 2 fully saturated rings. The van der Waals surface area contributed by atoms with Crippen LogP contribution in [0.5, 0.6) is 0 Å². The molecule has 2 aromatic rings. The largest absolute Gasteiger partial charge is 0.449 e. The minimum Gasteiger partial charge on any atom is -0.449 e. The van der Waals surface area contributed by atoms with Gasteiger partial charge in [-0.15, -0.1) is 0 Å². The van der Waals surface area contributed by atoms with Crippen LogP contribution in [0.1, 0.15) is 72.3 Å². The number of carbonyl (C=O) groups is 3. The molecule has 0 unspecified atom stereocenters. The molecule has 0 saturated carbocycles. The maximum absolute atomic E-state index is 13.5. The molecule has 4 rings (SSSR count). The summed E-state index contributed by atoms with van der Waals surface area (Å²) in [6, 6.07) is 7.68. The molecule has 1 atom stereocenters. The van der Waals surface area contributed by atoms with Crippen LogP contribution in [-0.4, -0.2) is 70.1 Å². The van der Waals surface area contributed by atoms with Gasteiger partial charge in [-0.25, -0.2) is 4.79 Å². The molecule has 2 aliphatic heterocycles. The number of piperidine rings is 1. The lowest BCUT2D eigenvalue weighted by atomic mass is 9.80. The first-order valence-electron chi connectivity index (χ1n) is 14.3. The number of carbonyl (C=O) groups excluding carboxylic acids is 3. The highest BCUT2D eigenvalue weighted by Crippen LogP contribution is 2.35. The fraction of sp³-hybridized carbons (Fsp3) is 0.633. The minimum atomic E-state index is -0.742. The van der Waals surface area contributed by atoms with Crippen LogP contribution in [0.2, 0.25) is 0 Å². The van der Waals surface area contributed by atoms with Crippen molar-refractivity contribution in [3.05, 3.63) is 36.0 Å². The number of piperazine rings is 1. The number of nitrogens with zero attached hydrogens (tertiary/aromatic N) is 3. The quantitative estimate of drug-likeness (QED) is 0.510. The van der Waals surface area contributed by atoms with Crippen molar-refractivity contribution in [2.75, 3.05) is 26.2 Å². The molecule has 8 heteroatoms. The summed E-state index contributed by atoms with van der Waals surface area (Å²) in [4.78, 5) is 43.7. The molecular weight excluding hydrogens is 480 g/mol. The molecule has 1 spiro atoms. The number of amides is 2. The second-order valence-electron chi connectivity index (χ2n) is 11.9. The van der Waals surface area contributed by atoms with Crippen molar-refractivity contribution in [2.24, 2.45) is 11.8 Å². The van der Waals surface area contributed by atoms with Crippen LogP contribution in [-0.2, 0) is 20.9 Å². The van der Waals surface area contributed by atoms with E-state index in [9.17, 15) is 14.4 Å². The van der Waals surface area contributed by atoms with Gasteiger partial charge in [0.25, 0.3) is 0 Å². The zero-order chi connectivity index (χ0) is 27.4. The summed E-state index contributed by atoms with van der Waals surface area (Å²) in [6.07, 6.45) is 5.26. The Morgan fingerprint density at radius 3 is 2.50 bits per heavy atom. The van der Waals surface area contributed by atoms with E-state index in [0.717, 1.165) is 48.9 Å². The van der Waals surface area contributed by atoms with Crippen LogP contribution in [0.25, 0.3) is 10.9 Å². The van der Waals surface area contributed by atoms with Crippen molar-refractivity contribution < 1.29 is 19.1 Å². The molecule has 8 nitrogen and oxygen atoms in total. The van der Waals surface area contributed by atoms with Gasteiger partial charge in [0.1, 0.15) is 11.6 Å². The van der Waals surface area contributed by atoms with Gasteiger partial charge in [0.15, 0.2) is 0 Å². The summed E-state index contributed by atoms with van der Waals surface area (Å²) in [7, 11) is 0. The third-order valence-corrected chi connectivity index (χ3v) is 7.83. The molecule has 38 heavy (non-hydrogen) atoms. The van der Waals surface area contributed by atoms with Gasteiger partial charge in [-0.05, 0) is 61.3 Å². The van der Waals surface area contributed by atoms with Gasteiger partial charge in [0.05, 0.1) is 12.1 Å². The van der Waals surface area contributed by atoms with E-state index in [1.165, 1.54) is 0 Å². The Bertz CT molecular complexity index is 1150. The molecule has 0 radical (unpaired) electrons. The van der Waals surface area contributed by atoms with E-state index in [2.05, 4.69) is 43.1 Å². The number of fused-ring (bicyclic) bond motifs is 1. The molecular formula is C30H44N4O4. The number of unbranched alkanes of at least 4 members (excludes halogenated alkanes) is 1. The highest BCUT2D eigenvalue weighted by molar-refractivity contribution is 6.00. The van der Waals surface area contributed by atoms with Crippen LogP contribution >= 0.6 is 0 Å². The Hall–Kier alpha value is -2.87. The maximum atomic E-state index is 13.5. The van der Waals surface area contributed by atoms with E-state index in [1.54, 1.807) is 10.8 Å². The lowest BCUT2D eigenvalue weighted by Gasteiger charge is -2.52. The summed E-state index contributed by atoms with van der Waals surface area (Å²) in [6.45, 7) is 13.6. The van der Waals surface area contributed by atoms with Crippen molar-refractivity contribution in [3.63, 3.8) is 0 Å². The van der Waals surface area contributed by atoms with Gasteiger partial charge < -0.3 is 15.0 Å². The third-order valence-electron chi connectivity index (χ3n) is 7.83. The van der Waals surface area contributed by atoms with Crippen molar-refractivity contribution in [1.82, 2.24) is 19.7 Å². The summed E-state index contributed by atoms with van der Waals surface area (Å²) in [5, 5.41) is 4.08. The van der Waals surface area contributed by atoms with Crippen molar-refractivity contribution in [1.29, 1.82) is 0 Å². The highest BCUT2D eigenvalue weighted by Gasteiger charge is 2.53. The Labute approximate surface area is 226 Å². The highest BCUT2D eigenvalue weighted by atomic mass is 16.5. The topological polar surface area (TPSA) is 83.9 Å². The number of aromatic nitrogens is 1.